The third-order valence-electron chi connectivity index (χ3n) is 3.51. The van der Waals surface area contributed by atoms with E-state index in [2.05, 4.69) is 10.1 Å². The highest BCUT2D eigenvalue weighted by molar-refractivity contribution is 5.96. The highest BCUT2D eigenvalue weighted by Gasteiger charge is 2.31. The number of carbonyl (C=O) groups is 3. The van der Waals surface area contributed by atoms with Gasteiger partial charge in [-0.3, -0.25) is 14.4 Å². The molecule has 0 spiro atoms. The van der Waals surface area contributed by atoms with Crippen LogP contribution < -0.4 is 5.32 Å². The van der Waals surface area contributed by atoms with Gasteiger partial charge in [0.05, 0.1) is 19.6 Å². The lowest BCUT2D eigenvalue weighted by Gasteiger charge is -2.16. The standard InChI is InChI=1S/C15H18N2O4/c1-21-15(20)12-7-8-17(10-12)13(18)9-16-14(19)11-5-3-2-4-6-11/h2-6,12H,7-10H2,1H3,(H,16,19). The second-order valence-corrected chi connectivity index (χ2v) is 4.90. The summed E-state index contributed by atoms with van der Waals surface area (Å²) in [6, 6.07) is 8.71. The number of carbonyl (C=O) groups excluding carboxylic acids is 3. The third-order valence-corrected chi connectivity index (χ3v) is 3.51. The smallest absolute Gasteiger partial charge is 0.310 e. The molecule has 0 aromatic heterocycles. The normalized spacial score (nSPS) is 17.4. The number of hydrogen-bond acceptors (Lipinski definition) is 4. The minimum Gasteiger partial charge on any atom is -0.469 e. The minimum absolute atomic E-state index is 0.0678. The monoisotopic (exact) mass is 290 g/mol. The second kappa shape index (κ2) is 6.88. The Morgan fingerprint density at radius 3 is 2.67 bits per heavy atom. The molecule has 112 valence electrons. The zero-order valence-corrected chi connectivity index (χ0v) is 11.9. The number of nitrogens with zero attached hydrogens (tertiary/aromatic N) is 1. The predicted octanol–water partition coefficient (Wildman–Crippen LogP) is 0.438. The fourth-order valence-corrected chi connectivity index (χ4v) is 2.31. The van der Waals surface area contributed by atoms with Crippen molar-refractivity contribution in [1.29, 1.82) is 0 Å². The van der Waals surface area contributed by atoms with E-state index in [0.717, 1.165) is 0 Å². The first-order valence-corrected chi connectivity index (χ1v) is 6.80. The van der Waals surface area contributed by atoms with Crippen LogP contribution in [0.3, 0.4) is 0 Å². The number of hydrogen-bond donors (Lipinski definition) is 1. The second-order valence-electron chi connectivity index (χ2n) is 4.90. The first-order chi connectivity index (χ1) is 10.1. The third kappa shape index (κ3) is 3.81. The van der Waals surface area contributed by atoms with Gasteiger partial charge < -0.3 is 15.0 Å². The molecule has 1 aliphatic rings. The Balaban J connectivity index is 1.81. The van der Waals surface area contributed by atoms with E-state index < -0.39 is 0 Å². The van der Waals surface area contributed by atoms with Crippen molar-refractivity contribution < 1.29 is 19.1 Å². The molecular weight excluding hydrogens is 272 g/mol. The van der Waals surface area contributed by atoms with E-state index in [1.165, 1.54) is 7.11 Å². The van der Waals surface area contributed by atoms with Gasteiger partial charge in [0.25, 0.3) is 5.91 Å². The molecule has 1 fully saturated rings. The topological polar surface area (TPSA) is 75.7 Å². The summed E-state index contributed by atoms with van der Waals surface area (Å²) < 4.78 is 4.67. The fraction of sp³-hybridized carbons (Fsp3) is 0.400. The summed E-state index contributed by atoms with van der Waals surface area (Å²) in [4.78, 5) is 36.8. The lowest BCUT2D eigenvalue weighted by molar-refractivity contribution is -0.145. The molecule has 21 heavy (non-hydrogen) atoms. The fourth-order valence-electron chi connectivity index (χ4n) is 2.31. The molecular formula is C15H18N2O4. The van der Waals surface area contributed by atoms with E-state index in [9.17, 15) is 14.4 Å². The molecule has 1 atom stereocenters. The van der Waals surface area contributed by atoms with Gasteiger partial charge in [0.15, 0.2) is 0 Å². The molecule has 1 aromatic rings. The van der Waals surface area contributed by atoms with Crippen LogP contribution in [-0.4, -0.2) is 49.4 Å². The Bertz CT molecular complexity index is 530. The number of nitrogens with one attached hydrogen (secondary N) is 1. The molecule has 6 nitrogen and oxygen atoms in total. The largest absolute Gasteiger partial charge is 0.469 e. The summed E-state index contributed by atoms with van der Waals surface area (Å²) in [5, 5.41) is 2.59. The number of benzene rings is 1. The van der Waals surface area contributed by atoms with Gasteiger partial charge >= 0.3 is 5.97 Å². The number of methoxy groups -OCH3 is 1. The lowest BCUT2D eigenvalue weighted by Crippen LogP contribution is -2.39. The minimum atomic E-state index is -0.293. The average Bonchev–Trinajstić information content (AvgIpc) is 3.02. The lowest BCUT2D eigenvalue weighted by atomic mass is 10.1. The van der Waals surface area contributed by atoms with Crippen LogP contribution in [0.15, 0.2) is 30.3 Å². The van der Waals surface area contributed by atoms with Crippen LogP contribution >= 0.6 is 0 Å². The quantitative estimate of drug-likeness (QED) is 0.816. The van der Waals surface area contributed by atoms with E-state index in [4.69, 9.17) is 0 Å². The predicted molar refractivity (Wildman–Crippen MR) is 75.5 cm³/mol. The SMILES string of the molecule is COC(=O)C1CCN(C(=O)CNC(=O)c2ccccc2)C1. The van der Waals surface area contributed by atoms with Crippen molar-refractivity contribution in [3.63, 3.8) is 0 Å². The van der Waals surface area contributed by atoms with Crippen LogP contribution in [0.5, 0.6) is 0 Å². The van der Waals surface area contributed by atoms with Gasteiger partial charge in [0.2, 0.25) is 5.91 Å². The van der Waals surface area contributed by atoms with Crippen LogP contribution in [-0.2, 0) is 14.3 Å². The van der Waals surface area contributed by atoms with Crippen molar-refractivity contribution in [2.45, 2.75) is 6.42 Å². The van der Waals surface area contributed by atoms with E-state index >= 15 is 0 Å². The Labute approximate surface area is 123 Å². The number of likely N-dealkylation sites (tertiary alicyclic amines) is 1. The van der Waals surface area contributed by atoms with Crippen molar-refractivity contribution >= 4 is 17.8 Å². The van der Waals surface area contributed by atoms with E-state index in [1.807, 2.05) is 6.07 Å². The molecule has 2 rings (SSSR count). The Morgan fingerprint density at radius 2 is 2.00 bits per heavy atom. The highest BCUT2D eigenvalue weighted by atomic mass is 16.5. The Hall–Kier alpha value is -2.37. The average molecular weight is 290 g/mol. The van der Waals surface area contributed by atoms with Gasteiger partial charge in [-0.25, -0.2) is 0 Å². The molecule has 1 aromatic carbocycles. The highest BCUT2D eigenvalue weighted by Crippen LogP contribution is 2.17. The molecule has 1 N–H and O–H groups in total. The van der Waals surface area contributed by atoms with E-state index in [0.29, 0.717) is 25.1 Å². The van der Waals surface area contributed by atoms with Crippen LogP contribution in [0.2, 0.25) is 0 Å². The summed E-state index contributed by atoms with van der Waals surface area (Å²) in [7, 11) is 1.34. The molecule has 1 heterocycles. The molecule has 0 saturated carbocycles. The van der Waals surface area contributed by atoms with Gasteiger partial charge in [-0.1, -0.05) is 18.2 Å². The number of ether oxygens (including phenoxy) is 1. The summed E-state index contributed by atoms with van der Waals surface area (Å²) >= 11 is 0. The molecule has 0 radical (unpaired) electrons. The van der Waals surface area contributed by atoms with Crippen LogP contribution in [0, 0.1) is 5.92 Å². The van der Waals surface area contributed by atoms with E-state index in [-0.39, 0.29) is 30.2 Å². The zero-order valence-electron chi connectivity index (χ0n) is 11.9. The van der Waals surface area contributed by atoms with Crippen molar-refractivity contribution in [2.75, 3.05) is 26.7 Å². The molecule has 0 aliphatic carbocycles. The van der Waals surface area contributed by atoms with Gasteiger partial charge in [0.1, 0.15) is 0 Å². The van der Waals surface area contributed by atoms with Crippen molar-refractivity contribution in [1.82, 2.24) is 10.2 Å². The van der Waals surface area contributed by atoms with Crippen LogP contribution in [0.4, 0.5) is 0 Å². The Kier molecular flexibility index (Phi) is 4.92. The number of rotatable bonds is 4. The number of esters is 1. The van der Waals surface area contributed by atoms with Gasteiger partial charge in [-0.15, -0.1) is 0 Å². The summed E-state index contributed by atoms with van der Waals surface area (Å²) in [5.41, 5.74) is 0.513. The summed E-state index contributed by atoms with van der Waals surface area (Å²) in [6.07, 6.45) is 0.602. The summed E-state index contributed by atoms with van der Waals surface area (Å²) in [5.74, 6) is -1.03. The van der Waals surface area contributed by atoms with Gasteiger partial charge in [0, 0.05) is 18.7 Å². The maximum absolute atomic E-state index is 12.0. The van der Waals surface area contributed by atoms with Crippen molar-refractivity contribution in [2.24, 2.45) is 5.92 Å². The molecule has 1 unspecified atom stereocenters. The van der Waals surface area contributed by atoms with Crippen molar-refractivity contribution in [3.8, 4) is 0 Å². The van der Waals surface area contributed by atoms with Crippen molar-refractivity contribution in [3.05, 3.63) is 35.9 Å². The van der Waals surface area contributed by atoms with Crippen LogP contribution in [0.1, 0.15) is 16.8 Å². The molecule has 1 aliphatic heterocycles. The first-order valence-electron chi connectivity index (χ1n) is 6.80. The first kappa shape index (κ1) is 15.0. The molecule has 6 heteroatoms. The molecule has 1 saturated heterocycles. The van der Waals surface area contributed by atoms with E-state index in [1.54, 1.807) is 29.2 Å². The number of amides is 2. The van der Waals surface area contributed by atoms with Crippen LogP contribution in [0.25, 0.3) is 0 Å². The maximum atomic E-state index is 12.0. The van der Waals surface area contributed by atoms with Gasteiger partial charge in [-0.2, -0.15) is 0 Å². The Morgan fingerprint density at radius 1 is 1.29 bits per heavy atom. The summed E-state index contributed by atoms with van der Waals surface area (Å²) in [6.45, 7) is 0.800. The maximum Gasteiger partial charge on any atom is 0.310 e. The molecule has 0 bridgehead atoms. The zero-order chi connectivity index (χ0) is 15.2. The van der Waals surface area contributed by atoms with Gasteiger partial charge in [-0.05, 0) is 18.6 Å². The molecule has 2 amide bonds.